The van der Waals surface area contributed by atoms with Crippen molar-refractivity contribution >= 4 is 10.1 Å². The fourth-order valence-corrected chi connectivity index (χ4v) is 1.96. The number of nitrogens with zero attached hydrogens (tertiary/aromatic N) is 4. The molecule has 2 rings (SSSR count). The van der Waals surface area contributed by atoms with Crippen molar-refractivity contribution in [1.82, 2.24) is 15.1 Å². The molecule has 0 saturated carbocycles. The lowest BCUT2D eigenvalue weighted by Gasteiger charge is -2.04. The minimum Gasteiger partial charge on any atom is -0.285 e. The molecule has 8 heteroatoms. The van der Waals surface area contributed by atoms with E-state index in [0.717, 1.165) is 5.56 Å². The summed E-state index contributed by atoms with van der Waals surface area (Å²) in [5, 5.41) is 3.36. The summed E-state index contributed by atoms with van der Waals surface area (Å²) in [6.45, 7) is 1.86. The molecule has 0 aliphatic carbocycles. The Morgan fingerprint density at radius 2 is 2.05 bits per heavy atom. The van der Waals surface area contributed by atoms with Crippen LogP contribution in [0, 0.1) is 0 Å². The summed E-state index contributed by atoms with van der Waals surface area (Å²) in [7, 11) is -3.99. The molecule has 7 nitrogen and oxygen atoms in total. The minimum absolute atomic E-state index is 0.289. The fraction of sp³-hybridized carbons (Fsp3) is 0.333. The van der Waals surface area contributed by atoms with E-state index in [4.69, 9.17) is 4.55 Å². The Hall–Kier alpha value is -1.93. The van der Waals surface area contributed by atoms with Crippen LogP contribution in [-0.4, -0.2) is 33.3 Å². The monoisotopic (exact) mass is 295 g/mol. The van der Waals surface area contributed by atoms with Crippen molar-refractivity contribution in [2.75, 3.05) is 0 Å². The lowest BCUT2D eigenvalue weighted by molar-refractivity contribution is -0.754. The van der Waals surface area contributed by atoms with Crippen molar-refractivity contribution < 1.29 is 17.7 Å². The predicted octanol–water partition coefficient (Wildman–Crippen LogP) is 0.493. The Morgan fingerprint density at radius 3 is 2.60 bits per heavy atom. The van der Waals surface area contributed by atoms with Crippen molar-refractivity contribution in [3.63, 3.8) is 0 Å². The van der Waals surface area contributed by atoms with Crippen LogP contribution >= 0.6 is 0 Å². The van der Waals surface area contributed by atoms with Gasteiger partial charge in [0.1, 0.15) is 6.20 Å². The summed E-state index contributed by atoms with van der Waals surface area (Å²) < 4.78 is 32.3. The van der Waals surface area contributed by atoms with Crippen LogP contribution in [0.5, 0.6) is 0 Å². The van der Waals surface area contributed by atoms with Gasteiger partial charge in [-0.2, -0.15) is 8.42 Å². The van der Waals surface area contributed by atoms with Gasteiger partial charge in [0, 0.05) is 30.4 Å². The zero-order chi connectivity index (χ0) is 14.6. The van der Waals surface area contributed by atoms with Crippen molar-refractivity contribution in [3.8, 4) is 11.4 Å². The zero-order valence-electron chi connectivity index (χ0n) is 10.9. The minimum atomic E-state index is -3.99. The summed E-state index contributed by atoms with van der Waals surface area (Å²) in [4.78, 5) is 8.22. The zero-order valence-corrected chi connectivity index (χ0v) is 11.7. The van der Waals surface area contributed by atoms with E-state index in [1.807, 2.05) is 0 Å². The van der Waals surface area contributed by atoms with Crippen LogP contribution in [0.3, 0.4) is 0 Å². The van der Waals surface area contributed by atoms with Gasteiger partial charge < -0.3 is 0 Å². The maximum Gasteiger partial charge on any atom is 0.267 e. The highest BCUT2D eigenvalue weighted by Crippen LogP contribution is 2.09. The molecule has 0 aliphatic heterocycles. The maximum absolute atomic E-state index is 10.9. The van der Waals surface area contributed by atoms with E-state index >= 15 is 0 Å². The Kier molecular flexibility index (Phi) is 4.35. The second-order valence-corrected chi connectivity index (χ2v) is 6.20. The standard InChI is InChI=1S/C12H14N4O3S/c1-10(20(17,18)19)3-7-16-8-4-11(9-15-16)12-13-5-2-6-14-12/h2,4-6,8-10H,3,7H2,1H3/p+1. The molecule has 0 bridgehead atoms. The van der Waals surface area contributed by atoms with Crippen LogP contribution in [0.1, 0.15) is 13.3 Å². The normalized spacial score (nSPS) is 13.1. The van der Waals surface area contributed by atoms with Crippen LogP contribution in [-0.2, 0) is 16.7 Å². The van der Waals surface area contributed by atoms with E-state index in [2.05, 4.69) is 15.1 Å². The third-order valence-corrected chi connectivity index (χ3v) is 4.12. The molecule has 1 unspecified atom stereocenters. The first-order chi connectivity index (χ1) is 9.47. The Balaban J connectivity index is 2.03. The number of aryl methyl sites for hydroxylation is 1. The summed E-state index contributed by atoms with van der Waals surface area (Å²) in [5.41, 5.74) is 0.782. The number of hydrogen-bond acceptors (Lipinski definition) is 5. The predicted molar refractivity (Wildman–Crippen MR) is 71.1 cm³/mol. The van der Waals surface area contributed by atoms with Gasteiger partial charge in [0.2, 0.25) is 0 Å². The number of hydrogen-bond donors (Lipinski definition) is 1. The van der Waals surface area contributed by atoms with E-state index in [0.29, 0.717) is 12.4 Å². The first kappa shape index (κ1) is 14.5. The van der Waals surface area contributed by atoms with Gasteiger partial charge in [-0.15, -0.1) is 0 Å². The highest BCUT2D eigenvalue weighted by atomic mass is 32.2. The Morgan fingerprint density at radius 1 is 1.35 bits per heavy atom. The van der Waals surface area contributed by atoms with Gasteiger partial charge in [0.15, 0.2) is 18.6 Å². The molecule has 0 fully saturated rings. The molecular weight excluding hydrogens is 280 g/mol. The molecule has 1 N–H and O–H groups in total. The van der Waals surface area contributed by atoms with Crippen LogP contribution < -0.4 is 4.68 Å². The van der Waals surface area contributed by atoms with Crippen LogP contribution in [0.15, 0.2) is 36.9 Å². The number of rotatable bonds is 5. The SMILES string of the molecule is CC(CC[n+]1ccc(-c2ncccn2)cn1)S(=O)(=O)O. The van der Waals surface area contributed by atoms with Gasteiger partial charge in [-0.3, -0.25) is 4.55 Å². The second kappa shape index (κ2) is 6.02. The van der Waals surface area contributed by atoms with Crippen LogP contribution in [0.2, 0.25) is 0 Å². The molecule has 0 amide bonds. The van der Waals surface area contributed by atoms with Gasteiger partial charge in [-0.05, 0) is 18.1 Å². The number of aromatic nitrogens is 4. The quantitative estimate of drug-likeness (QED) is 0.637. The van der Waals surface area contributed by atoms with Crippen molar-refractivity contribution in [3.05, 3.63) is 36.9 Å². The lowest BCUT2D eigenvalue weighted by Crippen LogP contribution is -2.39. The second-order valence-electron chi connectivity index (χ2n) is 4.37. The first-order valence-electron chi connectivity index (χ1n) is 6.06. The van der Waals surface area contributed by atoms with Crippen LogP contribution in [0.4, 0.5) is 0 Å². The van der Waals surface area contributed by atoms with E-state index in [1.165, 1.54) is 6.92 Å². The van der Waals surface area contributed by atoms with E-state index in [9.17, 15) is 8.42 Å². The van der Waals surface area contributed by atoms with E-state index < -0.39 is 15.4 Å². The van der Waals surface area contributed by atoms with E-state index in [-0.39, 0.29) is 6.42 Å². The van der Waals surface area contributed by atoms with Gasteiger partial charge in [-0.1, -0.05) is 4.68 Å². The van der Waals surface area contributed by atoms with Crippen molar-refractivity contribution in [2.24, 2.45) is 0 Å². The Labute approximate surface area is 117 Å². The molecule has 2 heterocycles. The highest BCUT2D eigenvalue weighted by molar-refractivity contribution is 7.86. The van der Waals surface area contributed by atoms with E-state index in [1.54, 1.807) is 41.6 Å². The molecule has 106 valence electrons. The third-order valence-electron chi connectivity index (χ3n) is 2.87. The summed E-state index contributed by atoms with van der Waals surface area (Å²) in [6, 6.07) is 3.54. The molecular formula is C12H15N4O3S+. The smallest absolute Gasteiger partial charge is 0.267 e. The fourth-order valence-electron chi connectivity index (χ4n) is 1.56. The highest BCUT2D eigenvalue weighted by Gasteiger charge is 2.19. The third kappa shape index (κ3) is 3.78. The molecule has 0 radical (unpaired) electrons. The molecule has 0 spiro atoms. The average Bonchev–Trinajstić information content (AvgIpc) is 2.45. The van der Waals surface area contributed by atoms with Crippen molar-refractivity contribution in [2.45, 2.75) is 25.1 Å². The van der Waals surface area contributed by atoms with Crippen LogP contribution in [0.25, 0.3) is 11.4 Å². The van der Waals surface area contributed by atoms with Gasteiger partial charge in [0.25, 0.3) is 10.1 Å². The van der Waals surface area contributed by atoms with Gasteiger partial charge in [0.05, 0.1) is 5.25 Å². The molecule has 1 atom stereocenters. The average molecular weight is 295 g/mol. The summed E-state index contributed by atoms with van der Waals surface area (Å²) in [5.74, 6) is 0.582. The Bertz CT molecular complexity index is 659. The largest absolute Gasteiger partial charge is 0.285 e. The topological polar surface area (TPSA) is 96.9 Å². The molecule has 0 aromatic carbocycles. The maximum atomic E-state index is 10.9. The molecule has 0 aliphatic rings. The lowest BCUT2D eigenvalue weighted by atomic mass is 10.3. The summed E-state index contributed by atoms with van der Waals surface area (Å²) in [6.07, 6.45) is 6.93. The molecule has 0 saturated heterocycles. The first-order valence-corrected chi connectivity index (χ1v) is 7.56. The van der Waals surface area contributed by atoms with Crippen molar-refractivity contribution in [1.29, 1.82) is 0 Å². The molecule has 2 aromatic heterocycles. The summed E-state index contributed by atoms with van der Waals surface area (Å²) >= 11 is 0. The molecule has 2 aromatic rings. The molecule has 20 heavy (non-hydrogen) atoms. The van der Waals surface area contributed by atoms with Gasteiger partial charge >= 0.3 is 0 Å². The van der Waals surface area contributed by atoms with Gasteiger partial charge in [-0.25, -0.2) is 9.97 Å².